The summed E-state index contributed by atoms with van der Waals surface area (Å²) >= 11 is 1.47. The lowest BCUT2D eigenvalue weighted by molar-refractivity contribution is -0.116. The Kier molecular flexibility index (Phi) is 4.79. The first-order valence-electron chi connectivity index (χ1n) is 8.93. The number of benzene rings is 2. The molecular weight excluding hydrogens is 370 g/mol. The molecule has 0 unspecified atom stereocenters. The van der Waals surface area contributed by atoms with Gasteiger partial charge in [-0.2, -0.15) is 0 Å². The Morgan fingerprint density at radius 2 is 1.89 bits per heavy atom. The number of anilines is 1. The van der Waals surface area contributed by atoms with Crippen LogP contribution < -0.4 is 10.9 Å². The first kappa shape index (κ1) is 18.1. The number of thiophene rings is 1. The van der Waals surface area contributed by atoms with E-state index < -0.39 is 0 Å². The summed E-state index contributed by atoms with van der Waals surface area (Å²) in [7, 11) is 0. The van der Waals surface area contributed by atoms with Crippen molar-refractivity contribution in [1.82, 2.24) is 9.55 Å². The molecule has 0 aliphatic carbocycles. The van der Waals surface area contributed by atoms with E-state index in [1.54, 1.807) is 0 Å². The minimum absolute atomic E-state index is 0.0777. The number of nitrogens with one attached hydrogen (secondary N) is 1. The van der Waals surface area contributed by atoms with Crippen LogP contribution in [0.25, 0.3) is 20.7 Å². The molecule has 0 spiro atoms. The van der Waals surface area contributed by atoms with E-state index in [1.165, 1.54) is 22.2 Å². The van der Waals surface area contributed by atoms with Crippen LogP contribution in [0, 0.1) is 13.8 Å². The predicted octanol–water partition coefficient (Wildman–Crippen LogP) is 4.38. The third-order valence-electron chi connectivity index (χ3n) is 4.77. The van der Waals surface area contributed by atoms with Gasteiger partial charge in [0.25, 0.3) is 5.56 Å². The number of rotatable bonds is 4. The van der Waals surface area contributed by atoms with E-state index in [0.717, 1.165) is 27.3 Å². The number of amides is 1. The molecule has 0 radical (unpaired) electrons. The van der Waals surface area contributed by atoms with Gasteiger partial charge in [-0.15, -0.1) is 11.3 Å². The third-order valence-corrected chi connectivity index (χ3v) is 5.86. The molecule has 2 aromatic carbocycles. The highest BCUT2D eigenvalue weighted by atomic mass is 32.1. The Morgan fingerprint density at radius 3 is 2.68 bits per heavy atom. The number of aromatic nitrogens is 2. The van der Waals surface area contributed by atoms with E-state index in [4.69, 9.17) is 0 Å². The second-order valence-corrected chi connectivity index (χ2v) is 7.70. The van der Waals surface area contributed by atoms with Gasteiger partial charge in [0.15, 0.2) is 0 Å². The van der Waals surface area contributed by atoms with Crippen molar-refractivity contribution in [3.8, 4) is 10.4 Å². The standard InChI is InChI=1S/C22H19N3O2S/c1-14-7-6-10-18(15(14)2)24-20(26)12-25-13-23-21-17(22(25)27)11-19(28-21)16-8-4-3-5-9-16/h3-11,13H,12H2,1-2H3,(H,24,26). The molecule has 28 heavy (non-hydrogen) atoms. The Morgan fingerprint density at radius 1 is 1.11 bits per heavy atom. The Balaban J connectivity index is 1.61. The molecule has 140 valence electrons. The van der Waals surface area contributed by atoms with Gasteiger partial charge in [-0.05, 0) is 42.7 Å². The molecule has 1 amide bonds. The van der Waals surface area contributed by atoms with E-state index in [-0.39, 0.29) is 18.0 Å². The molecule has 1 N–H and O–H groups in total. The fraction of sp³-hybridized carbons (Fsp3) is 0.136. The van der Waals surface area contributed by atoms with E-state index in [1.807, 2.05) is 68.4 Å². The highest BCUT2D eigenvalue weighted by molar-refractivity contribution is 7.21. The van der Waals surface area contributed by atoms with Gasteiger partial charge < -0.3 is 5.32 Å². The number of carbonyl (C=O) groups excluding carboxylic acids is 1. The van der Waals surface area contributed by atoms with E-state index >= 15 is 0 Å². The van der Waals surface area contributed by atoms with Gasteiger partial charge in [-0.1, -0.05) is 42.5 Å². The van der Waals surface area contributed by atoms with Crippen LogP contribution in [0.15, 0.2) is 65.7 Å². The van der Waals surface area contributed by atoms with Crippen LogP contribution in [0.2, 0.25) is 0 Å². The van der Waals surface area contributed by atoms with Crippen LogP contribution in [-0.2, 0) is 11.3 Å². The number of carbonyl (C=O) groups is 1. The minimum atomic E-state index is -0.254. The third kappa shape index (κ3) is 3.46. The molecule has 4 aromatic rings. The highest BCUT2D eigenvalue weighted by Gasteiger charge is 2.13. The molecule has 0 bridgehead atoms. The summed E-state index contributed by atoms with van der Waals surface area (Å²) in [6, 6.07) is 17.5. The lowest BCUT2D eigenvalue weighted by atomic mass is 10.1. The average molecular weight is 389 g/mol. The Bertz CT molecular complexity index is 1230. The van der Waals surface area contributed by atoms with Crippen LogP contribution in [-0.4, -0.2) is 15.5 Å². The topological polar surface area (TPSA) is 64.0 Å². The van der Waals surface area contributed by atoms with Gasteiger partial charge >= 0.3 is 0 Å². The van der Waals surface area contributed by atoms with Gasteiger partial charge in [0, 0.05) is 10.6 Å². The van der Waals surface area contributed by atoms with Gasteiger partial charge in [-0.25, -0.2) is 4.98 Å². The molecular formula is C22H19N3O2S. The van der Waals surface area contributed by atoms with Gasteiger partial charge in [0.05, 0.1) is 11.7 Å². The highest BCUT2D eigenvalue weighted by Crippen LogP contribution is 2.30. The molecule has 0 atom stereocenters. The fourth-order valence-electron chi connectivity index (χ4n) is 3.05. The zero-order valence-corrected chi connectivity index (χ0v) is 16.4. The average Bonchev–Trinajstić information content (AvgIpc) is 3.14. The molecule has 5 nitrogen and oxygen atoms in total. The number of hydrogen-bond acceptors (Lipinski definition) is 4. The van der Waals surface area contributed by atoms with Crippen molar-refractivity contribution in [2.24, 2.45) is 0 Å². The Labute approximate surface area is 166 Å². The zero-order chi connectivity index (χ0) is 19.7. The SMILES string of the molecule is Cc1cccc(NC(=O)Cn2cnc3sc(-c4ccccc4)cc3c2=O)c1C. The first-order chi connectivity index (χ1) is 13.5. The molecule has 0 saturated carbocycles. The summed E-state index contributed by atoms with van der Waals surface area (Å²) in [5.41, 5.74) is 3.71. The van der Waals surface area contributed by atoms with Crippen LogP contribution in [0.4, 0.5) is 5.69 Å². The van der Waals surface area contributed by atoms with Crippen molar-refractivity contribution in [1.29, 1.82) is 0 Å². The molecule has 2 heterocycles. The molecule has 0 saturated heterocycles. The van der Waals surface area contributed by atoms with Crippen molar-refractivity contribution < 1.29 is 4.79 Å². The van der Waals surface area contributed by atoms with Gasteiger partial charge in [-0.3, -0.25) is 14.2 Å². The number of hydrogen-bond donors (Lipinski definition) is 1. The van der Waals surface area contributed by atoms with Crippen molar-refractivity contribution in [2.75, 3.05) is 5.32 Å². The Hall–Kier alpha value is -3.25. The van der Waals surface area contributed by atoms with Gasteiger partial charge in [0.2, 0.25) is 5.91 Å². The summed E-state index contributed by atoms with van der Waals surface area (Å²) in [5, 5.41) is 3.42. The smallest absolute Gasteiger partial charge is 0.262 e. The van der Waals surface area contributed by atoms with Crippen LogP contribution in [0.1, 0.15) is 11.1 Å². The zero-order valence-electron chi connectivity index (χ0n) is 15.6. The normalized spacial score (nSPS) is 10.9. The maximum atomic E-state index is 12.8. The molecule has 0 aliphatic rings. The van der Waals surface area contributed by atoms with Crippen molar-refractivity contribution >= 4 is 33.1 Å². The van der Waals surface area contributed by atoms with E-state index in [2.05, 4.69) is 10.3 Å². The first-order valence-corrected chi connectivity index (χ1v) is 9.75. The fourth-order valence-corrected chi connectivity index (χ4v) is 4.04. The maximum Gasteiger partial charge on any atom is 0.262 e. The lowest BCUT2D eigenvalue weighted by Crippen LogP contribution is -2.27. The molecule has 6 heteroatoms. The molecule has 0 fully saturated rings. The van der Waals surface area contributed by atoms with Crippen LogP contribution >= 0.6 is 11.3 Å². The van der Waals surface area contributed by atoms with Crippen LogP contribution in [0.3, 0.4) is 0 Å². The summed E-state index contributed by atoms with van der Waals surface area (Å²) in [6.45, 7) is 3.88. The quantitative estimate of drug-likeness (QED) is 0.563. The summed E-state index contributed by atoms with van der Waals surface area (Å²) < 4.78 is 1.35. The predicted molar refractivity (Wildman–Crippen MR) is 114 cm³/mol. The molecule has 4 rings (SSSR count). The van der Waals surface area contributed by atoms with Crippen molar-refractivity contribution in [3.05, 3.63) is 82.4 Å². The van der Waals surface area contributed by atoms with E-state index in [0.29, 0.717) is 10.2 Å². The second kappa shape index (κ2) is 7.40. The van der Waals surface area contributed by atoms with Crippen LogP contribution in [0.5, 0.6) is 0 Å². The number of aryl methyl sites for hydroxylation is 1. The summed E-state index contributed by atoms with van der Waals surface area (Å²) in [5.74, 6) is -0.254. The minimum Gasteiger partial charge on any atom is -0.324 e. The lowest BCUT2D eigenvalue weighted by Gasteiger charge is -2.11. The largest absolute Gasteiger partial charge is 0.324 e. The monoisotopic (exact) mass is 389 g/mol. The van der Waals surface area contributed by atoms with E-state index in [9.17, 15) is 9.59 Å². The van der Waals surface area contributed by atoms with Crippen molar-refractivity contribution in [2.45, 2.75) is 20.4 Å². The maximum absolute atomic E-state index is 12.8. The number of nitrogens with zero attached hydrogens (tertiary/aromatic N) is 2. The molecule has 2 aromatic heterocycles. The summed E-state index contributed by atoms with van der Waals surface area (Å²) in [4.78, 5) is 31.3. The molecule has 0 aliphatic heterocycles. The van der Waals surface area contributed by atoms with Gasteiger partial charge in [0.1, 0.15) is 11.4 Å². The van der Waals surface area contributed by atoms with Crippen molar-refractivity contribution in [3.63, 3.8) is 0 Å². The second-order valence-electron chi connectivity index (χ2n) is 6.67. The number of fused-ring (bicyclic) bond motifs is 1. The summed E-state index contributed by atoms with van der Waals surface area (Å²) in [6.07, 6.45) is 1.44.